The van der Waals surface area contributed by atoms with Gasteiger partial charge in [0.1, 0.15) is 0 Å². The fraction of sp³-hybridized carbons (Fsp3) is 0.529. The highest BCUT2D eigenvalue weighted by molar-refractivity contribution is 5.83. The Bertz CT molecular complexity index is 537. The van der Waals surface area contributed by atoms with E-state index in [2.05, 4.69) is 47.3 Å². The predicted molar refractivity (Wildman–Crippen MR) is 86.6 cm³/mol. The fourth-order valence-electron chi connectivity index (χ4n) is 2.44. The largest absolute Gasteiger partial charge is 0.382 e. The number of hydrogen-bond donors (Lipinski definition) is 1. The highest BCUT2D eigenvalue weighted by atomic mass is 16.5. The van der Waals surface area contributed by atoms with E-state index in [-0.39, 0.29) is 0 Å². The van der Waals surface area contributed by atoms with E-state index in [0.717, 1.165) is 26.1 Å². The fourth-order valence-corrected chi connectivity index (χ4v) is 2.44. The Labute approximate surface area is 127 Å². The third kappa shape index (κ3) is 4.56. The van der Waals surface area contributed by atoms with Crippen LogP contribution in [0.3, 0.4) is 0 Å². The van der Waals surface area contributed by atoms with Crippen molar-refractivity contribution in [3.63, 3.8) is 0 Å². The zero-order valence-electron chi connectivity index (χ0n) is 13.1. The molecule has 116 valence electrons. The molecule has 0 saturated heterocycles. The van der Waals surface area contributed by atoms with Crippen LogP contribution < -0.4 is 5.32 Å². The molecular formula is C17H26N2O2. The molecule has 1 aromatic heterocycles. The lowest BCUT2D eigenvalue weighted by Gasteiger charge is -2.08. The summed E-state index contributed by atoms with van der Waals surface area (Å²) in [6.07, 6.45) is 3.31. The maximum Gasteiger partial charge on any atom is 0.0701 e. The predicted octanol–water partition coefficient (Wildman–Crippen LogP) is 2.80. The van der Waals surface area contributed by atoms with E-state index in [4.69, 9.17) is 9.47 Å². The zero-order chi connectivity index (χ0) is 14.9. The normalized spacial score (nSPS) is 11.3. The molecule has 0 amide bonds. The molecule has 21 heavy (non-hydrogen) atoms. The molecule has 0 aliphatic carbocycles. The Morgan fingerprint density at radius 2 is 2.05 bits per heavy atom. The first-order valence-corrected chi connectivity index (χ1v) is 7.71. The van der Waals surface area contributed by atoms with Crippen molar-refractivity contribution in [3.8, 4) is 0 Å². The number of nitrogens with zero attached hydrogens (tertiary/aromatic N) is 1. The van der Waals surface area contributed by atoms with Crippen LogP contribution in [-0.2, 0) is 22.6 Å². The van der Waals surface area contributed by atoms with E-state index in [1.807, 2.05) is 0 Å². The van der Waals surface area contributed by atoms with Crippen LogP contribution in [0, 0.1) is 0 Å². The van der Waals surface area contributed by atoms with Gasteiger partial charge in [0.05, 0.1) is 19.8 Å². The van der Waals surface area contributed by atoms with Crippen LogP contribution in [0.4, 0.5) is 0 Å². The molecule has 0 aliphatic rings. The summed E-state index contributed by atoms with van der Waals surface area (Å²) in [5, 5.41) is 4.80. The highest BCUT2D eigenvalue weighted by Crippen LogP contribution is 2.20. The van der Waals surface area contributed by atoms with Gasteiger partial charge in [-0.2, -0.15) is 0 Å². The zero-order valence-corrected chi connectivity index (χ0v) is 13.1. The van der Waals surface area contributed by atoms with Crippen molar-refractivity contribution in [1.82, 2.24) is 9.88 Å². The second-order valence-electron chi connectivity index (χ2n) is 5.14. The average Bonchev–Trinajstić information content (AvgIpc) is 2.91. The molecule has 0 bridgehead atoms. The van der Waals surface area contributed by atoms with Crippen LogP contribution in [0.25, 0.3) is 10.9 Å². The lowest BCUT2D eigenvalue weighted by atomic mass is 10.1. The molecule has 0 spiro atoms. The average molecular weight is 290 g/mol. The van der Waals surface area contributed by atoms with Crippen LogP contribution >= 0.6 is 0 Å². The Kier molecular flexibility index (Phi) is 6.73. The number of fused-ring (bicyclic) bond motifs is 1. The molecule has 0 fully saturated rings. The highest BCUT2D eigenvalue weighted by Gasteiger charge is 2.05. The SMILES string of the molecule is CCCNCc1cccc2c1ccn2CCOCCOC. The van der Waals surface area contributed by atoms with Gasteiger partial charge in [0.25, 0.3) is 0 Å². The Morgan fingerprint density at radius 1 is 1.14 bits per heavy atom. The summed E-state index contributed by atoms with van der Waals surface area (Å²) in [5.74, 6) is 0. The van der Waals surface area contributed by atoms with E-state index >= 15 is 0 Å². The molecule has 0 aliphatic heterocycles. The maximum atomic E-state index is 5.55. The minimum atomic E-state index is 0.652. The number of rotatable bonds is 10. The number of ether oxygens (including phenoxy) is 2. The van der Waals surface area contributed by atoms with E-state index < -0.39 is 0 Å². The van der Waals surface area contributed by atoms with Gasteiger partial charge in [-0.05, 0) is 30.7 Å². The van der Waals surface area contributed by atoms with Crippen molar-refractivity contribution in [3.05, 3.63) is 36.0 Å². The van der Waals surface area contributed by atoms with Crippen LogP contribution in [0.2, 0.25) is 0 Å². The van der Waals surface area contributed by atoms with Crippen molar-refractivity contribution >= 4 is 10.9 Å². The van der Waals surface area contributed by atoms with Gasteiger partial charge >= 0.3 is 0 Å². The standard InChI is InChI=1S/C17H26N2O2/c1-3-8-18-14-15-5-4-6-17-16(15)7-9-19(17)10-11-21-13-12-20-2/h4-7,9,18H,3,8,10-14H2,1-2H3. The quantitative estimate of drug-likeness (QED) is 0.683. The summed E-state index contributed by atoms with van der Waals surface area (Å²) in [4.78, 5) is 0. The Morgan fingerprint density at radius 3 is 2.86 bits per heavy atom. The van der Waals surface area contributed by atoms with Gasteiger partial charge < -0.3 is 19.4 Å². The maximum absolute atomic E-state index is 5.55. The number of nitrogens with one attached hydrogen (secondary N) is 1. The topological polar surface area (TPSA) is 35.4 Å². The minimum absolute atomic E-state index is 0.652. The molecule has 1 heterocycles. The summed E-state index contributed by atoms with van der Waals surface area (Å²) in [5.41, 5.74) is 2.64. The number of hydrogen-bond acceptors (Lipinski definition) is 3. The lowest BCUT2D eigenvalue weighted by molar-refractivity contribution is 0.0670. The van der Waals surface area contributed by atoms with Crippen molar-refractivity contribution in [1.29, 1.82) is 0 Å². The van der Waals surface area contributed by atoms with Crippen LogP contribution in [0.1, 0.15) is 18.9 Å². The van der Waals surface area contributed by atoms with Crippen molar-refractivity contribution in [2.24, 2.45) is 0 Å². The van der Waals surface area contributed by atoms with Gasteiger partial charge in [0.2, 0.25) is 0 Å². The first-order valence-electron chi connectivity index (χ1n) is 7.71. The summed E-state index contributed by atoms with van der Waals surface area (Å²) in [6, 6.07) is 8.71. The van der Waals surface area contributed by atoms with Gasteiger partial charge in [-0.3, -0.25) is 0 Å². The molecule has 1 N–H and O–H groups in total. The molecule has 0 radical (unpaired) electrons. The Hall–Kier alpha value is -1.36. The minimum Gasteiger partial charge on any atom is -0.382 e. The van der Waals surface area contributed by atoms with Gasteiger partial charge in [-0.15, -0.1) is 0 Å². The van der Waals surface area contributed by atoms with E-state index in [1.165, 1.54) is 16.5 Å². The summed E-state index contributed by atoms with van der Waals surface area (Å²) >= 11 is 0. The molecule has 1 aromatic carbocycles. The first-order chi connectivity index (χ1) is 10.4. The monoisotopic (exact) mass is 290 g/mol. The van der Waals surface area contributed by atoms with Gasteiger partial charge in [0, 0.05) is 37.3 Å². The second-order valence-corrected chi connectivity index (χ2v) is 5.14. The molecule has 0 unspecified atom stereocenters. The van der Waals surface area contributed by atoms with E-state index in [1.54, 1.807) is 7.11 Å². The number of methoxy groups -OCH3 is 1. The van der Waals surface area contributed by atoms with Crippen LogP contribution in [0.15, 0.2) is 30.5 Å². The third-order valence-corrected chi connectivity index (χ3v) is 3.55. The van der Waals surface area contributed by atoms with E-state index in [0.29, 0.717) is 19.8 Å². The summed E-state index contributed by atoms with van der Waals surface area (Å²) in [6.45, 7) is 7.07. The van der Waals surface area contributed by atoms with Crippen molar-refractivity contribution < 1.29 is 9.47 Å². The van der Waals surface area contributed by atoms with Gasteiger partial charge in [0.15, 0.2) is 0 Å². The number of aromatic nitrogens is 1. The smallest absolute Gasteiger partial charge is 0.0701 e. The third-order valence-electron chi connectivity index (χ3n) is 3.55. The van der Waals surface area contributed by atoms with Gasteiger partial charge in [-0.25, -0.2) is 0 Å². The molecule has 2 aromatic rings. The second kappa shape index (κ2) is 8.82. The molecule has 0 atom stereocenters. The molecular weight excluding hydrogens is 264 g/mol. The van der Waals surface area contributed by atoms with Crippen molar-refractivity contribution in [2.45, 2.75) is 26.4 Å². The molecule has 2 rings (SSSR count). The van der Waals surface area contributed by atoms with Gasteiger partial charge in [-0.1, -0.05) is 19.1 Å². The van der Waals surface area contributed by atoms with Crippen LogP contribution in [-0.4, -0.2) is 38.0 Å². The first kappa shape index (κ1) is 16.0. The van der Waals surface area contributed by atoms with E-state index in [9.17, 15) is 0 Å². The lowest BCUT2D eigenvalue weighted by Crippen LogP contribution is -2.14. The molecule has 4 heteroatoms. The molecule has 4 nitrogen and oxygen atoms in total. The summed E-state index contributed by atoms with van der Waals surface area (Å²) in [7, 11) is 1.69. The van der Waals surface area contributed by atoms with Crippen molar-refractivity contribution in [2.75, 3.05) is 33.5 Å². The molecule has 0 saturated carbocycles. The summed E-state index contributed by atoms with van der Waals surface area (Å²) < 4.78 is 12.8. The Balaban J connectivity index is 1.97. The number of benzene rings is 1. The van der Waals surface area contributed by atoms with Crippen LogP contribution in [0.5, 0.6) is 0 Å².